The van der Waals surface area contributed by atoms with Crippen molar-refractivity contribution in [3.63, 3.8) is 0 Å². The van der Waals surface area contributed by atoms with Crippen LogP contribution in [-0.2, 0) is 13.1 Å². The summed E-state index contributed by atoms with van der Waals surface area (Å²) >= 11 is 0. The first-order chi connectivity index (χ1) is 19.3. The third kappa shape index (κ3) is 4.82. The van der Waals surface area contributed by atoms with E-state index >= 15 is 0 Å². The van der Waals surface area contributed by atoms with Gasteiger partial charge in [0.25, 0.3) is 0 Å². The van der Waals surface area contributed by atoms with Gasteiger partial charge in [0.2, 0.25) is 12.7 Å². The van der Waals surface area contributed by atoms with E-state index in [-0.39, 0.29) is 0 Å². The standard InChI is InChI=1S/C29H28N8O2/c1-2-6-23(7-3-1)37-19-32-26-27(31-17-22-5-4-10-30-16-22)33-29(34-28(26)37)36-13-11-35(12-14-36)18-21-8-9-24-25(15-21)39-20-38-24/h1-10,15-16,19H,11-14,17-18,20H2,(H,31,33,34). The minimum absolute atomic E-state index is 0.296. The topological polar surface area (TPSA) is 93.5 Å². The number of ether oxygens (including phenoxy) is 2. The van der Waals surface area contributed by atoms with Crippen molar-refractivity contribution < 1.29 is 9.47 Å². The van der Waals surface area contributed by atoms with E-state index in [0.717, 1.165) is 72.5 Å². The molecule has 1 saturated heterocycles. The molecule has 2 aliphatic rings. The highest BCUT2D eigenvalue weighted by molar-refractivity contribution is 5.85. The van der Waals surface area contributed by atoms with Crippen molar-refractivity contribution in [3.8, 4) is 17.2 Å². The van der Waals surface area contributed by atoms with Crippen LogP contribution in [-0.4, -0.2) is 62.4 Å². The Bertz CT molecular complexity index is 1580. The Morgan fingerprint density at radius 3 is 2.56 bits per heavy atom. The number of aromatic nitrogens is 5. The molecule has 0 aliphatic carbocycles. The summed E-state index contributed by atoms with van der Waals surface area (Å²) < 4.78 is 13.0. The highest BCUT2D eigenvalue weighted by Crippen LogP contribution is 2.33. The fraction of sp³-hybridized carbons (Fsp3) is 0.241. The molecule has 1 N–H and O–H groups in total. The van der Waals surface area contributed by atoms with E-state index in [9.17, 15) is 0 Å². The minimum atomic E-state index is 0.296. The number of pyridine rings is 1. The monoisotopic (exact) mass is 520 g/mol. The average Bonchev–Trinajstić information content (AvgIpc) is 3.64. The van der Waals surface area contributed by atoms with E-state index in [1.165, 1.54) is 5.56 Å². The van der Waals surface area contributed by atoms with Crippen LogP contribution in [0.15, 0.2) is 79.4 Å². The Labute approximate surface area is 225 Å². The Morgan fingerprint density at radius 1 is 0.846 bits per heavy atom. The van der Waals surface area contributed by atoms with Gasteiger partial charge < -0.3 is 19.7 Å². The number of nitrogens with zero attached hydrogens (tertiary/aromatic N) is 7. The van der Waals surface area contributed by atoms with Crippen LogP contribution in [0.3, 0.4) is 0 Å². The summed E-state index contributed by atoms with van der Waals surface area (Å²) in [6.07, 6.45) is 5.45. The van der Waals surface area contributed by atoms with Crippen molar-refractivity contribution in [2.75, 3.05) is 43.2 Å². The number of benzene rings is 2. The van der Waals surface area contributed by atoms with Crippen molar-refractivity contribution in [2.24, 2.45) is 0 Å². The van der Waals surface area contributed by atoms with Crippen LogP contribution in [0.2, 0.25) is 0 Å². The largest absolute Gasteiger partial charge is 0.454 e. The Morgan fingerprint density at radius 2 is 1.72 bits per heavy atom. The van der Waals surface area contributed by atoms with E-state index in [2.05, 4.69) is 44.4 Å². The van der Waals surface area contributed by atoms with E-state index in [0.29, 0.717) is 19.3 Å². The normalized spacial score (nSPS) is 15.1. The molecule has 0 saturated carbocycles. The number of fused-ring (bicyclic) bond motifs is 2. The van der Waals surface area contributed by atoms with E-state index in [4.69, 9.17) is 24.4 Å². The SMILES string of the molecule is c1ccc(-n2cnc3c(NCc4cccnc4)nc(N4CCN(Cc5ccc6c(c5)OCO6)CC4)nc32)cc1. The molecule has 2 aromatic carbocycles. The van der Waals surface area contributed by atoms with Crippen molar-refractivity contribution >= 4 is 22.9 Å². The summed E-state index contributed by atoms with van der Waals surface area (Å²) in [5, 5.41) is 3.48. The highest BCUT2D eigenvalue weighted by atomic mass is 16.7. The number of anilines is 2. The van der Waals surface area contributed by atoms with Gasteiger partial charge >= 0.3 is 0 Å². The molecule has 10 heteroatoms. The van der Waals surface area contributed by atoms with Gasteiger partial charge in [0.1, 0.15) is 6.33 Å². The molecule has 0 spiro atoms. The smallest absolute Gasteiger partial charge is 0.231 e. The Kier molecular flexibility index (Phi) is 6.14. The van der Waals surface area contributed by atoms with Crippen LogP contribution in [0.1, 0.15) is 11.1 Å². The molecule has 0 atom stereocenters. The number of imidazole rings is 1. The fourth-order valence-corrected chi connectivity index (χ4v) is 5.02. The van der Waals surface area contributed by atoms with Gasteiger partial charge in [-0.1, -0.05) is 30.3 Å². The quantitative estimate of drug-likeness (QED) is 0.343. The van der Waals surface area contributed by atoms with E-state index in [1.807, 2.05) is 53.5 Å². The first-order valence-corrected chi connectivity index (χ1v) is 13.1. The third-order valence-corrected chi connectivity index (χ3v) is 7.10. The summed E-state index contributed by atoms with van der Waals surface area (Å²) in [5.74, 6) is 3.07. The molecule has 2 aliphatic heterocycles. The maximum absolute atomic E-state index is 5.55. The average molecular weight is 521 g/mol. The maximum Gasteiger partial charge on any atom is 0.231 e. The zero-order chi connectivity index (χ0) is 26.0. The molecule has 39 heavy (non-hydrogen) atoms. The molecule has 10 nitrogen and oxygen atoms in total. The predicted octanol–water partition coefficient (Wildman–Crippen LogP) is 3.87. The molecule has 196 valence electrons. The molecular formula is C29H28N8O2. The van der Waals surface area contributed by atoms with Crippen molar-refractivity contribution in [1.82, 2.24) is 29.4 Å². The summed E-state index contributed by atoms with van der Waals surface area (Å²) in [6.45, 7) is 5.24. The molecule has 7 rings (SSSR count). The molecule has 5 aromatic rings. The van der Waals surface area contributed by atoms with Crippen molar-refractivity contribution in [1.29, 1.82) is 0 Å². The van der Waals surface area contributed by atoms with Gasteiger partial charge in [0.15, 0.2) is 28.5 Å². The molecule has 0 radical (unpaired) electrons. The Hall–Kier alpha value is -4.70. The van der Waals surface area contributed by atoms with E-state index in [1.54, 1.807) is 6.20 Å². The van der Waals surface area contributed by atoms with Gasteiger partial charge in [-0.05, 0) is 41.5 Å². The first-order valence-electron chi connectivity index (χ1n) is 13.1. The fourth-order valence-electron chi connectivity index (χ4n) is 5.02. The van der Waals surface area contributed by atoms with Gasteiger partial charge in [-0.2, -0.15) is 9.97 Å². The molecule has 0 amide bonds. The zero-order valence-electron chi connectivity index (χ0n) is 21.4. The molecule has 3 aromatic heterocycles. The number of para-hydroxylation sites is 1. The summed E-state index contributed by atoms with van der Waals surface area (Å²) in [4.78, 5) is 23.6. The van der Waals surface area contributed by atoms with E-state index < -0.39 is 0 Å². The van der Waals surface area contributed by atoms with Crippen LogP contribution < -0.4 is 19.7 Å². The molecule has 5 heterocycles. The lowest BCUT2D eigenvalue weighted by Crippen LogP contribution is -2.46. The molecular weight excluding hydrogens is 492 g/mol. The number of hydrogen-bond donors (Lipinski definition) is 1. The van der Waals surface area contributed by atoms with Gasteiger partial charge in [-0.15, -0.1) is 0 Å². The lowest BCUT2D eigenvalue weighted by molar-refractivity contribution is 0.174. The summed E-state index contributed by atoms with van der Waals surface area (Å²) in [6, 6.07) is 20.3. The van der Waals surface area contributed by atoms with Gasteiger partial charge in [0, 0.05) is 57.3 Å². The van der Waals surface area contributed by atoms with Crippen LogP contribution in [0.4, 0.5) is 11.8 Å². The Balaban J connectivity index is 1.13. The van der Waals surface area contributed by atoms with Crippen LogP contribution in [0, 0.1) is 0 Å². The summed E-state index contributed by atoms with van der Waals surface area (Å²) in [5.41, 5.74) is 4.83. The van der Waals surface area contributed by atoms with Crippen LogP contribution in [0.25, 0.3) is 16.9 Å². The zero-order valence-corrected chi connectivity index (χ0v) is 21.4. The lowest BCUT2D eigenvalue weighted by Gasteiger charge is -2.34. The van der Waals surface area contributed by atoms with Crippen molar-refractivity contribution in [3.05, 3.63) is 90.5 Å². The highest BCUT2D eigenvalue weighted by Gasteiger charge is 2.23. The molecule has 1 fully saturated rings. The van der Waals surface area contributed by atoms with Crippen molar-refractivity contribution in [2.45, 2.75) is 13.1 Å². The second kappa shape index (κ2) is 10.2. The van der Waals surface area contributed by atoms with Gasteiger partial charge in [-0.3, -0.25) is 14.5 Å². The maximum atomic E-state index is 5.55. The van der Waals surface area contributed by atoms with Gasteiger partial charge in [-0.25, -0.2) is 4.98 Å². The molecule has 0 unspecified atom stereocenters. The number of rotatable bonds is 7. The lowest BCUT2D eigenvalue weighted by atomic mass is 10.1. The second-order valence-corrected chi connectivity index (χ2v) is 9.66. The van der Waals surface area contributed by atoms with Crippen LogP contribution >= 0.6 is 0 Å². The predicted molar refractivity (Wildman–Crippen MR) is 148 cm³/mol. The van der Waals surface area contributed by atoms with Crippen LogP contribution in [0.5, 0.6) is 11.5 Å². The molecule has 0 bridgehead atoms. The number of hydrogen-bond acceptors (Lipinski definition) is 9. The van der Waals surface area contributed by atoms with Gasteiger partial charge in [0.05, 0.1) is 0 Å². The second-order valence-electron chi connectivity index (χ2n) is 9.66. The minimum Gasteiger partial charge on any atom is -0.454 e. The number of piperazine rings is 1. The third-order valence-electron chi connectivity index (χ3n) is 7.10. The summed E-state index contributed by atoms with van der Waals surface area (Å²) in [7, 11) is 0. The number of nitrogens with one attached hydrogen (secondary N) is 1. The first kappa shape index (κ1) is 23.4.